The molecule has 1 aromatic heterocycles. The molecule has 0 unspecified atom stereocenters. The Morgan fingerprint density at radius 2 is 2.33 bits per heavy atom. The maximum Gasteiger partial charge on any atom is 0.116 e. The van der Waals surface area contributed by atoms with E-state index in [1.807, 2.05) is 25.1 Å². The van der Waals surface area contributed by atoms with Crippen LogP contribution in [0, 0.1) is 25.2 Å². The van der Waals surface area contributed by atoms with Crippen molar-refractivity contribution in [3.63, 3.8) is 0 Å². The number of thiazole rings is 1. The van der Waals surface area contributed by atoms with Crippen LogP contribution in [-0.4, -0.2) is 4.98 Å². The van der Waals surface area contributed by atoms with Gasteiger partial charge in [-0.05, 0) is 19.9 Å². The Balaban J connectivity index is 2.71. The number of nitriles is 1. The molecule has 1 aromatic rings. The van der Waals surface area contributed by atoms with Crippen LogP contribution in [0.5, 0.6) is 0 Å². The van der Waals surface area contributed by atoms with Gasteiger partial charge in [-0.3, -0.25) is 0 Å². The van der Waals surface area contributed by atoms with Crippen molar-refractivity contribution in [2.75, 3.05) is 0 Å². The molecule has 3 heteroatoms. The fraction of sp³-hybridized carbons (Fsp3) is 0.333. The molecule has 0 aromatic carbocycles. The highest BCUT2D eigenvalue weighted by atomic mass is 32.1. The molecule has 0 amide bonds. The molecule has 1 rings (SSSR count). The highest BCUT2D eigenvalue weighted by molar-refractivity contribution is 7.12. The van der Waals surface area contributed by atoms with Crippen molar-refractivity contribution >= 4 is 17.4 Å². The largest absolute Gasteiger partial charge is 0.242 e. The molecule has 0 saturated carbocycles. The van der Waals surface area contributed by atoms with E-state index in [0.29, 0.717) is 6.42 Å². The molecule has 0 atom stereocenters. The van der Waals surface area contributed by atoms with Crippen LogP contribution in [0.2, 0.25) is 0 Å². The zero-order valence-electron chi connectivity index (χ0n) is 7.16. The van der Waals surface area contributed by atoms with Crippen LogP contribution in [-0.2, 0) is 0 Å². The summed E-state index contributed by atoms with van der Waals surface area (Å²) in [5, 5.41) is 9.27. The van der Waals surface area contributed by atoms with E-state index < -0.39 is 0 Å². The molecule has 62 valence electrons. The molecule has 0 aliphatic carbocycles. The third-order valence-corrected chi connectivity index (χ3v) is 2.55. The monoisotopic (exact) mass is 178 g/mol. The van der Waals surface area contributed by atoms with Crippen LogP contribution in [0.4, 0.5) is 0 Å². The van der Waals surface area contributed by atoms with E-state index in [1.165, 1.54) is 4.88 Å². The van der Waals surface area contributed by atoms with Crippen LogP contribution in [0.25, 0.3) is 6.08 Å². The van der Waals surface area contributed by atoms with E-state index in [0.717, 1.165) is 10.7 Å². The minimum absolute atomic E-state index is 0.456. The van der Waals surface area contributed by atoms with Gasteiger partial charge >= 0.3 is 0 Å². The van der Waals surface area contributed by atoms with Gasteiger partial charge in [0.15, 0.2) is 0 Å². The number of aromatic nitrogens is 1. The lowest BCUT2D eigenvalue weighted by molar-refractivity contribution is 1.22. The molecule has 0 radical (unpaired) electrons. The predicted octanol–water partition coefficient (Wildman–Crippen LogP) is 2.69. The van der Waals surface area contributed by atoms with Crippen LogP contribution >= 0.6 is 11.3 Å². The van der Waals surface area contributed by atoms with Gasteiger partial charge < -0.3 is 0 Å². The first-order valence-corrected chi connectivity index (χ1v) is 4.53. The Hall–Kier alpha value is -1.14. The fourth-order valence-corrected chi connectivity index (χ4v) is 1.64. The van der Waals surface area contributed by atoms with Crippen LogP contribution in [0.15, 0.2) is 6.08 Å². The summed E-state index contributed by atoms with van der Waals surface area (Å²) < 4.78 is 0. The van der Waals surface area contributed by atoms with Crippen molar-refractivity contribution in [2.24, 2.45) is 0 Å². The minimum Gasteiger partial charge on any atom is -0.242 e. The van der Waals surface area contributed by atoms with Crippen molar-refractivity contribution in [2.45, 2.75) is 20.3 Å². The van der Waals surface area contributed by atoms with Gasteiger partial charge in [-0.15, -0.1) is 11.3 Å². The molecule has 0 fully saturated rings. The minimum atomic E-state index is 0.456. The highest BCUT2D eigenvalue weighted by Crippen LogP contribution is 2.17. The first-order valence-electron chi connectivity index (χ1n) is 3.71. The molecular weight excluding hydrogens is 168 g/mol. The quantitative estimate of drug-likeness (QED) is 0.698. The topological polar surface area (TPSA) is 36.7 Å². The van der Waals surface area contributed by atoms with E-state index in [2.05, 4.69) is 11.9 Å². The Kier molecular flexibility index (Phi) is 3.01. The third kappa shape index (κ3) is 2.18. The molecule has 1 heterocycles. The lowest BCUT2D eigenvalue weighted by Crippen LogP contribution is -1.72. The van der Waals surface area contributed by atoms with Crippen LogP contribution < -0.4 is 0 Å². The molecular formula is C9H10N2S. The first-order chi connectivity index (χ1) is 5.74. The normalized spacial score (nSPS) is 10.4. The van der Waals surface area contributed by atoms with E-state index in [9.17, 15) is 0 Å². The Morgan fingerprint density at radius 3 is 2.83 bits per heavy atom. The van der Waals surface area contributed by atoms with Crippen molar-refractivity contribution in [3.8, 4) is 6.07 Å². The SMILES string of the molecule is Cc1nc(C=CCC#N)sc1C. The van der Waals surface area contributed by atoms with Crippen LogP contribution in [0.3, 0.4) is 0 Å². The molecule has 2 nitrogen and oxygen atoms in total. The average Bonchev–Trinajstić information content (AvgIpc) is 2.32. The zero-order valence-corrected chi connectivity index (χ0v) is 7.98. The molecule has 0 spiro atoms. The van der Waals surface area contributed by atoms with E-state index in [-0.39, 0.29) is 0 Å². The van der Waals surface area contributed by atoms with E-state index >= 15 is 0 Å². The molecule has 0 saturated heterocycles. The summed E-state index contributed by atoms with van der Waals surface area (Å²) in [6.07, 6.45) is 4.18. The summed E-state index contributed by atoms with van der Waals surface area (Å²) in [5.41, 5.74) is 1.08. The number of rotatable bonds is 2. The highest BCUT2D eigenvalue weighted by Gasteiger charge is 1.98. The van der Waals surface area contributed by atoms with Gasteiger partial charge in [-0.25, -0.2) is 4.98 Å². The van der Waals surface area contributed by atoms with Crippen molar-refractivity contribution in [1.82, 2.24) is 4.98 Å². The third-order valence-electron chi connectivity index (χ3n) is 1.51. The number of nitrogens with zero attached hydrogens (tertiary/aromatic N) is 2. The number of hydrogen-bond acceptors (Lipinski definition) is 3. The van der Waals surface area contributed by atoms with Gasteiger partial charge in [0, 0.05) is 4.88 Å². The standard InChI is InChI=1S/C9H10N2S/c1-7-8(2)12-9(11-7)5-3-4-6-10/h3,5H,4H2,1-2H3. The number of allylic oxidation sites excluding steroid dienone is 1. The fourth-order valence-electron chi connectivity index (χ4n) is 0.781. The van der Waals surface area contributed by atoms with Crippen molar-refractivity contribution in [1.29, 1.82) is 5.26 Å². The smallest absolute Gasteiger partial charge is 0.116 e. The summed E-state index contributed by atoms with van der Waals surface area (Å²) >= 11 is 1.66. The second-order valence-electron chi connectivity index (χ2n) is 2.46. The van der Waals surface area contributed by atoms with Gasteiger partial charge in [0.05, 0.1) is 18.2 Å². The van der Waals surface area contributed by atoms with Gasteiger partial charge in [0.1, 0.15) is 5.01 Å². The lowest BCUT2D eigenvalue weighted by atomic mass is 10.4. The predicted molar refractivity (Wildman–Crippen MR) is 50.9 cm³/mol. The van der Waals surface area contributed by atoms with Crippen molar-refractivity contribution in [3.05, 3.63) is 21.7 Å². The van der Waals surface area contributed by atoms with Crippen molar-refractivity contribution < 1.29 is 0 Å². The summed E-state index contributed by atoms with van der Waals surface area (Å²) in [4.78, 5) is 5.55. The number of aryl methyl sites for hydroxylation is 2. The van der Waals surface area contributed by atoms with Gasteiger partial charge in [0.2, 0.25) is 0 Å². The Labute approximate surface area is 76.2 Å². The maximum absolute atomic E-state index is 8.29. The summed E-state index contributed by atoms with van der Waals surface area (Å²) in [5.74, 6) is 0. The summed E-state index contributed by atoms with van der Waals surface area (Å²) in [6, 6.07) is 2.05. The molecule has 0 N–H and O–H groups in total. The first kappa shape index (κ1) is 8.95. The Morgan fingerprint density at radius 1 is 1.58 bits per heavy atom. The second-order valence-corrected chi connectivity index (χ2v) is 3.69. The van der Waals surface area contributed by atoms with Gasteiger partial charge in [-0.1, -0.05) is 6.08 Å². The molecule has 0 aliphatic rings. The lowest BCUT2D eigenvalue weighted by Gasteiger charge is -1.78. The summed E-state index contributed by atoms with van der Waals surface area (Å²) in [7, 11) is 0. The van der Waals surface area contributed by atoms with E-state index in [1.54, 1.807) is 11.3 Å². The van der Waals surface area contributed by atoms with E-state index in [4.69, 9.17) is 5.26 Å². The molecule has 0 aliphatic heterocycles. The zero-order chi connectivity index (χ0) is 8.97. The second kappa shape index (κ2) is 4.03. The Bertz CT molecular complexity index is 311. The van der Waals surface area contributed by atoms with Gasteiger partial charge in [-0.2, -0.15) is 5.26 Å². The van der Waals surface area contributed by atoms with Gasteiger partial charge in [0.25, 0.3) is 0 Å². The molecule has 12 heavy (non-hydrogen) atoms. The summed E-state index contributed by atoms with van der Waals surface area (Å²) in [6.45, 7) is 4.04. The maximum atomic E-state index is 8.29. The van der Waals surface area contributed by atoms with Crippen LogP contribution in [0.1, 0.15) is 22.0 Å². The average molecular weight is 178 g/mol. The number of hydrogen-bond donors (Lipinski definition) is 0. The molecule has 0 bridgehead atoms.